The molecule has 8 heteroatoms. The van der Waals surface area contributed by atoms with Gasteiger partial charge in [-0.05, 0) is 63.9 Å². The van der Waals surface area contributed by atoms with E-state index in [1.165, 1.54) is 11.3 Å². The van der Waals surface area contributed by atoms with Crippen LogP contribution >= 0.6 is 11.3 Å². The molecule has 4 heterocycles. The molecule has 0 aliphatic carbocycles. The number of likely N-dealkylation sites (tertiary alicyclic amines) is 1. The molecule has 3 aromatic rings. The molecule has 0 spiro atoms. The van der Waals surface area contributed by atoms with E-state index >= 15 is 0 Å². The lowest BCUT2D eigenvalue weighted by Gasteiger charge is -2.32. The van der Waals surface area contributed by atoms with E-state index in [1.807, 2.05) is 45.0 Å². The number of thiazole rings is 1. The molecule has 0 radical (unpaired) electrons. The Morgan fingerprint density at radius 1 is 1.19 bits per heavy atom. The normalized spacial score (nSPS) is 16.8. The van der Waals surface area contributed by atoms with Gasteiger partial charge in [0.2, 0.25) is 5.91 Å². The lowest BCUT2D eigenvalue weighted by molar-refractivity contribution is -0.117. The lowest BCUT2D eigenvalue weighted by atomic mass is 9.94. The molecule has 31 heavy (non-hydrogen) atoms. The number of aryl methyl sites for hydroxylation is 3. The first-order valence-electron chi connectivity index (χ1n) is 10.6. The second-order valence-corrected chi connectivity index (χ2v) is 9.23. The molecule has 162 valence electrons. The van der Waals surface area contributed by atoms with Crippen molar-refractivity contribution in [1.82, 2.24) is 19.9 Å². The van der Waals surface area contributed by atoms with Gasteiger partial charge in [0.25, 0.3) is 0 Å². The first kappa shape index (κ1) is 21.4. The molecule has 3 aromatic heterocycles. The van der Waals surface area contributed by atoms with Gasteiger partial charge in [-0.15, -0.1) is 11.3 Å². The van der Waals surface area contributed by atoms with Crippen molar-refractivity contribution in [3.8, 4) is 0 Å². The summed E-state index contributed by atoms with van der Waals surface area (Å²) in [4.78, 5) is 29.5. The van der Waals surface area contributed by atoms with Crippen molar-refractivity contribution in [2.45, 2.75) is 39.5 Å². The topological polar surface area (TPSA) is 83.0 Å². The molecule has 0 aromatic carbocycles. The maximum atomic E-state index is 12.5. The minimum Gasteiger partial charge on any atom is -0.325 e. The summed E-state index contributed by atoms with van der Waals surface area (Å²) in [5, 5.41) is 6.94. The third-order valence-electron chi connectivity index (χ3n) is 5.59. The van der Waals surface area contributed by atoms with Crippen LogP contribution in [0.2, 0.25) is 0 Å². The molecular formula is C23H28N6OS. The quantitative estimate of drug-likeness (QED) is 0.595. The standard InChI is InChI=1S/C23H28N6OS/c1-15-7-5-11-24-22(15)27-20-10-4-9-19(26-20)18-8-6-12-29(13-18)14-21(30)28-23-25-16(2)17(3)31-23/h4-5,7,9-11,18H,6,8,12-14H2,1-3H3,(H,24,26,27)(H,25,28,30). The Bertz CT molecular complexity index is 1050. The number of amides is 1. The first-order valence-corrected chi connectivity index (χ1v) is 11.4. The first-order chi connectivity index (χ1) is 15.0. The summed E-state index contributed by atoms with van der Waals surface area (Å²) in [6, 6.07) is 10.0. The van der Waals surface area contributed by atoms with Crippen LogP contribution in [0.5, 0.6) is 0 Å². The van der Waals surface area contributed by atoms with E-state index in [4.69, 9.17) is 4.98 Å². The summed E-state index contributed by atoms with van der Waals surface area (Å²) in [7, 11) is 0. The molecular weight excluding hydrogens is 408 g/mol. The molecule has 1 amide bonds. The van der Waals surface area contributed by atoms with Crippen LogP contribution in [-0.4, -0.2) is 45.4 Å². The highest BCUT2D eigenvalue weighted by molar-refractivity contribution is 7.15. The van der Waals surface area contributed by atoms with Gasteiger partial charge in [0, 0.05) is 29.2 Å². The van der Waals surface area contributed by atoms with Crippen molar-refractivity contribution in [3.05, 3.63) is 58.4 Å². The van der Waals surface area contributed by atoms with Gasteiger partial charge in [-0.2, -0.15) is 0 Å². The summed E-state index contributed by atoms with van der Waals surface area (Å²) in [6.07, 6.45) is 3.89. The van der Waals surface area contributed by atoms with Crippen molar-refractivity contribution < 1.29 is 4.79 Å². The van der Waals surface area contributed by atoms with Crippen molar-refractivity contribution >= 4 is 34.0 Å². The van der Waals surface area contributed by atoms with Crippen LogP contribution in [0.1, 0.15) is 40.6 Å². The monoisotopic (exact) mass is 436 g/mol. The van der Waals surface area contributed by atoms with Gasteiger partial charge in [0.1, 0.15) is 11.6 Å². The van der Waals surface area contributed by atoms with Crippen LogP contribution in [0.3, 0.4) is 0 Å². The Hall–Kier alpha value is -2.84. The zero-order chi connectivity index (χ0) is 21.8. The predicted molar refractivity (Wildman–Crippen MR) is 125 cm³/mol. The number of anilines is 3. The third-order valence-corrected chi connectivity index (χ3v) is 6.58. The highest BCUT2D eigenvalue weighted by Gasteiger charge is 2.24. The molecule has 1 aliphatic rings. The molecule has 1 fully saturated rings. The van der Waals surface area contributed by atoms with Crippen LogP contribution in [0.4, 0.5) is 16.8 Å². The average molecular weight is 437 g/mol. The van der Waals surface area contributed by atoms with Gasteiger partial charge in [-0.25, -0.2) is 15.0 Å². The molecule has 1 aliphatic heterocycles. The molecule has 7 nitrogen and oxygen atoms in total. The Morgan fingerprint density at radius 3 is 2.84 bits per heavy atom. The van der Waals surface area contributed by atoms with Crippen molar-refractivity contribution in [1.29, 1.82) is 0 Å². The zero-order valence-electron chi connectivity index (χ0n) is 18.2. The smallest absolute Gasteiger partial charge is 0.240 e. The molecule has 2 N–H and O–H groups in total. The third kappa shape index (κ3) is 5.45. The SMILES string of the molecule is Cc1cccnc1Nc1cccc(C2CCCN(CC(=O)Nc3nc(C)c(C)s3)C2)n1. The van der Waals surface area contributed by atoms with E-state index in [1.54, 1.807) is 6.20 Å². The van der Waals surface area contributed by atoms with E-state index in [9.17, 15) is 4.79 Å². The maximum Gasteiger partial charge on any atom is 0.240 e. The molecule has 1 saturated heterocycles. The summed E-state index contributed by atoms with van der Waals surface area (Å²) in [6.45, 7) is 8.12. The number of hydrogen-bond acceptors (Lipinski definition) is 7. The number of carbonyl (C=O) groups excluding carboxylic acids is 1. The van der Waals surface area contributed by atoms with Gasteiger partial charge in [-0.1, -0.05) is 12.1 Å². The fourth-order valence-corrected chi connectivity index (χ4v) is 4.65. The highest BCUT2D eigenvalue weighted by Crippen LogP contribution is 2.27. The summed E-state index contributed by atoms with van der Waals surface area (Å²) in [5.74, 6) is 1.91. The minimum absolute atomic E-state index is 0.0107. The van der Waals surface area contributed by atoms with E-state index in [0.717, 1.165) is 59.4 Å². The van der Waals surface area contributed by atoms with Crippen LogP contribution in [0.15, 0.2) is 36.5 Å². The van der Waals surface area contributed by atoms with Crippen molar-refractivity contribution in [2.75, 3.05) is 30.3 Å². The maximum absolute atomic E-state index is 12.5. The van der Waals surface area contributed by atoms with Gasteiger partial charge in [0.15, 0.2) is 5.13 Å². The van der Waals surface area contributed by atoms with Crippen molar-refractivity contribution in [3.63, 3.8) is 0 Å². The van der Waals surface area contributed by atoms with Crippen LogP contribution in [0.25, 0.3) is 0 Å². The summed E-state index contributed by atoms with van der Waals surface area (Å²) >= 11 is 1.52. The Labute approximate surface area is 187 Å². The average Bonchev–Trinajstić information content (AvgIpc) is 3.06. The molecule has 1 atom stereocenters. The van der Waals surface area contributed by atoms with Crippen molar-refractivity contribution in [2.24, 2.45) is 0 Å². The second kappa shape index (κ2) is 9.53. The van der Waals surface area contributed by atoms with Crippen LogP contribution in [0, 0.1) is 20.8 Å². The predicted octanol–water partition coefficient (Wildman–Crippen LogP) is 4.42. The second-order valence-electron chi connectivity index (χ2n) is 8.02. The number of piperidine rings is 1. The van der Waals surface area contributed by atoms with Gasteiger partial charge < -0.3 is 10.6 Å². The van der Waals surface area contributed by atoms with Gasteiger partial charge in [-0.3, -0.25) is 9.69 Å². The zero-order valence-corrected chi connectivity index (χ0v) is 19.0. The fourth-order valence-electron chi connectivity index (χ4n) is 3.81. The number of nitrogens with zero attached hydrogens (tertiary/aromatic N) is 4. The van der Waals surface area contributed by atoms with Crippen LogP contribution in [-0.2, 0) is 4.79 Å². The number of aromatic nitrogens is 3. The van der Waals surface area contributed by atoms with E-state index in [0.29, 0.717) is 17.6 Å². The Kier molecular flexibility index (Phi) is 6.58. The van der Waals surface area contributed by atoms with E-state index in [2.05, 4.69) is 31.6 Å². The number of nitrogens with one attached hydrogen (secondary N) is 2. The Morgan fingerprint density at radius 2 is 2.06 bits per heavy atom. The minimum atomic E-state index is -0.0107. The number of rotatable bonds is 6. The van der Waals surface area contributed by atoms with E-state index in [-0.39, 0.29) is 5.91 Å². The molecule has 1 unspecified atom stereocenters. The highest BCUT2D eigenvalue weighted by atomic mass is 32.1. The number of hydrogen-bond donors (Lipinski definition) is 2. The Balaban J connectivity index is 1.38. The van der Waals surface area contributed by atoms with Gasteiger partial charge in [0.05, 0.1) is 12.2 Å². The fraction of sp³-hybridized carbons (Fsp3) is 0.391. The molecule has 0 bridgehead atoms. The van der Waals surface area contributed by atoms with E-state index < -0.39 is 0 Å². The summed E-state index contributed by atoms with van der Waals surface area (Å²) < 4.78 is 0. The van der Waals surface area contributed by atoms with Crippen LogP contribution < -0.4 is 10.6 Å². The van der Waals surface area contributed by atoms with Gasteiger partial charge >= 0.3 is 0 Å². The molecule has 0 saturated carbocycles. The summed E-state index contributed by atoms with van der Waals surface area (Å²) in [5.41, 5.74) is 3.10. The number of pyridine rings is 2. The number of carbonyl (C=O) groups is 1. The largest absolute Gasteiger partial charge is 0.325 e. The molecule has 4 rings (SSSR count). The lowest BCUT2D eigenvalue weighted by Crippen LogP contribution is -2.40.